The monoisotopic (exact) mass is 420 g/mol. The summed E-state index contributed by atoms with van der Waals surface area (Å²) in [7, 11) is 0. The number of aliphatic hydroxyl groups excluding tert-OH is 1. The molecule has 0 spiro atoms. The molecule has 30 heavy (non-hydrogen) atoms. The van der Waals surface area contributed by atoms with Gasteiger partial charge in [0.1, 0.15) is 6.10 Å². The van der Waals surface area contributed by atoms with Crippen molar-refractivity contribution in [3.63, 3.8) is 0 Å². The van der Waals surface area contributed by atoms with Crippen LogP contribution in [0.1, 0.15) is 87.3 Å². The molecule has 2 fully saturated rings. The first-order chi connectivity index (χ1) is 14.2. The van der Waals surface area contributed by atoms with Crippen LogP contribution in [0.4, 0.5) is 13.2 Å². The molecule has 0 amide bonds. The summed E-state index contributed by atoms with van der Waals surface area (Å²) in [5.41, 5.74) is 4.84. The fourth-order valence-electron chi connectivity index (χ4n) is 7.17. The molecule has 1 aromatic carbocycles. The second-order valence-electron chi connectivity index (χ2n) is 10.3. The fourth-order valence-corrected chi connectivity index (χ4v) is 7.17. The van der Waals surface area contributed by atoms with Crippen LogP contribution >= 0.6 is 0 Å². The van der Waals surface area contributed by atoms with Gasteiger partial charge in [0.25, 0.3) is 0 Å². The zero-order valence-corrected chi connectivity index (χ0v) is 18.1. The molecule has 3 aliphatic carbocycles. The van der Waals surface area contributed by atoms with Crippen molar-refractivity contribution in [2.75, 3.05) is 0 Å². The third-order valence-corrected chi connectivity index (χ3v) is 8.74. The number of unbranched alkanes of at least 4 members (excludes halogenated alkanes) is 1. The van der Waals surface area contributed by atoms with E-state index in [1.165, 1.54) is 55.2 Å². The molecule has 4 rings (SSSR count). The lowest BCUT2D eigenvalue weighted by atomic mass is 9.47. The number of halogens is 3. The molecule has 1 nitrogen and oxygen atoms in total. The van der Waals surface area contributed by atoms with Crippen molar-refractivity contribution in [2.45, 2.75) is 95.8 Å². The molecule has 0 saturated heterocycles. The van der Waals surface area contributed by atoms with E-state index in [4.69, 9.17) is 5.11 Å². The third-order valence-electron chi connectivity index (χ3n) is 8.74. The zero-order valence-electron chi connectivity index (χ0n) is 18.1. The smallest absolute Gasteiger partial charge is 0.384 e. The summed E-state index contributed by atoms with van der Waals surface area (Å²) in [6, 6.07) is 6.78. The number of hydrogen-bond donors (Lipinski definition) is 1. The van der Waals surface area contributed by atoms with E-state index in [1.807, 2.05) is 0 Å². The van der Waals surface area contributed by atoms with Gasteiger partial charge in [0, 0.05) is 0 Å². The molecule has 5 atom stereocenters. The summed E-state index contributed by atoms with van der Waals surface area (Å²) >= 11 is 0. The van der Waals surface area contributed by atoms with Gasteiger partial charge in [-0.3, -0.25) is 0 Å². The van der Waals surface area contributed by atoms with E-state index >= 15 is 0 Å². The molecule has 3 aliphatic rings. The van der Waals surface area contributed by atoms with Crippen molar-refractivity contribution in [2.24, 2.45) is 16.7 Å². The SMILES string of the molecule is C=C[C@@]12CCc3cc(CCCC[C@H](O)C(F)(F)F)ccc3[C@H]1CC[C@]1(C)CCC[C@H]12. The summed E-state index contributed by atoms with van der Waals surface area (Å²) in [4.78, 5) is 0. The first-order valence-electron chi connectivity index (χ1n) is 11.7. The topological polar surface area (TPSA) is 20.2 Å². The highest BCUT2D eigenvalue weighted by Gasteiger charge is 2.57. The molecule has 1 N–H and O–H groups in total. The predicted octanol–water partition coefficient (Wildman–Crippen LogP) is 7.13. The van der Waals surface area contributed by atoms with Crippen LogP contribution < -0.4 is 0 Å². The van der Waals surface area contributed by atoms with E-state index in [0.29, 0.717) is 24.2 Å². The summed E-state index contributed by atoms with van der Waals surface area (Å²) in [5, 5.41) is 9.15. The van der Waals surface area contributed by atoms with Gasteiger partial charge in [0.15, 0.2) is 0 Å². The lowest BCUT2D eigenvalue weighted by Gasteiger charge is -2.56. The van der Waals surface area contributed by atoms with Crippen molar-refractivity contribution in [3.05, 3.63) is 47.5 Å². The number of allylic oxidation sites excluding steroid dienone is 1. The maximum Gasteiger partial charge on any atom is 0.414 e. The quantitative estimate of drug-likeness (QED) is 0.383. The molecule has 4 heteroatoms. The van der Waals surface area contributed by atoms with Gasteiger partial charge in [-0.05, 0) is 97.1 Å². The summed E-state index contributed by atoms with van der Waals surface area (Å²) < 4.78 is 37.3. The highest BCUT2D eigenvalue weighted by molar-refractivity contribution is 5.41. The van der Waals surface area contributed by atoms with Gasteiger partial charge in [-0.2, -0.15) is 13.2 Å². The normalized spacial score (nSPS) is 34.0. The molecule has 0 aliphatic heterocycles. The molecular weight excluding hydrogens is 385 g/mol. The number of hydrogen-bond acceptors (Lipinski definition) is 1. The van der Waals surface area contributed by atoms with Crippen molar-refractivity contribution >= 4 is 0 Å². The second kappa shape index (κ2) is 8.00. The van der Waals surface area contributed by atoms with E-state index in [-0.39, 0.29) is 11.8 Å². The van der Waals surface area contributed by atoms with E-state index in [9.17, 15) is 13.2 Å². The van der Waals surface area contributed by atoms with Crippen LogP contribution in [-0.2, 0) is 12.8 Å². The van der Waals surface area contributed by atoms with Crippen molar-refractivity contribution in [1.29, 1.82) is 0 Å². The zero-order chi connectivity index (χ0) is 21.6. The van der Waals surface area contributed by atoms with E-state index in [1.54, 1.807) is 0 Å². The van der Waals surface area contributed by atoms with Gasteiger partial charge in [-0.15, -0.1) is 6.58 Å². The molecule has 0 heterocycles. The van der Waals surface area contributed by atoms with Gasteiger partial charge in [0.05, 0.1) is 0 Å². The Labute approximate surface area is 178 Å². The molecule has 2 saturated carbocycles. The van der Waals surface area contributed by atoms with Crippen LogP contribution in [0.15, 0.2) is 30.9 Å². The number of alkyl halides is 3. The molecule has 166 valence electrons. The molecular formula is C26H35F3O. The van der Waals surface area contributed by atoms with Gasteiger partial charge in [0.2, 0.25) is 0 Å². The highest BCUT2D eigenvalue weighted by atomic mass is 19.4. The van der Waals surface area contributed by atoms with E-state index in [2.05, 4.69) is 37.8 Å². The summed E-state index contributed by atoms with van der Waals surface area (Å²) in [6.07, 6.45) is 6.06. The average Bonchev–Trinajstić information content (AvgIpc) is 3.12. The van der Waals surface area contributed by atoms with Crippen LogP contribution in [0.2, 0.25) is 0 Å². The van der Waals surface area contributed by atoms with Crippen LogP contribution in [0.5, 0.6) is 0 Å². The Hall–Kier alpha value is -1.29. The minimum Gasteiger partial charge on any atom is -0.384 e. The first-order valence-corrected chi connectivity index (χ1v) is 11.7. The number of aryl methyl sites for hydroxylation is 2. The maximum absolute atomic E-state index is 12.4. The molecule has 0 unspecified atom stereocenters. The second-order valence-corrected chi connectivity index (χ2v) is 10.3. The van der Waals surface area contributed by atoms with Gasteiger partial charge >= 0.3 is 6.18 Å². The van der Waals surface area contributed by atoms with Crippen LogP contribution in [0.25, 0.3) is 0 Å². The molecule has 0 bridgehead atoms. The minimum atomic E-state index is -4.50. The van der Waals surface area contributed by atoms with Crippen LogP contribution in [-0.4, -0.2) is 17.4 Å². The fraction of sp³-hybridized carbons (Fsp3) is 0.692. The molecule has 0 aromatic heterocycles. The standard InChI is InChI=1S/C26H35F3O/c1-3-25-16-12-19-17-18(7-4-5-9-23(30)26(27,28)29)10-11-20(19)21(25)13-15-24(2)14-6-8-22(24)25/h3,10-11,17,21-23,30H,1,4-9,12-16H2,2H3/t21-,22-,23+,24+,25-/m1/s1. The minimum absolute atomic E-state index is 0.210. The van der Waals surface area contributed by atoms with Crippen LogP contribution in [0, 0.1) is 16.7 Å². The van der Waals surface area contributed by atoms with Crippen molar-refractivity contribution in [3.8, 4) is 0 Å². The third kappa shape index (κ3) is 3.74. The molecule has 1 aromatic rings. The van der Waals surface area contributed by atoms with Crippen molar-refractivity contribution < 1.29 is 18.3 Å². The Balaban J connectivity index is 1.45. The van der Waals surface area contributed by atoms with Gasteiger partial charge in [-0.25, -0.2) is 0 Å². The summed E-state index contributed by atoms with van der Waals surface area (Å²) in [6.45, 7) is 6.82. The Bertz CT molecular complexity index is 785. The number of aliphatic hydroxyl groups is 1. The lowest BCUT2D eigenvalue weighted by Crippen LogP contribution is -2.47. The predicted molar refractivity (Wildman–Crippen MR) is 114 cm³/mol. The van der Waals surface area contributed by atoms with E-state index in [0.717, 1.165) is 18.8 Å². The highest BCUT2D eigenvalue weighted by Crippen LogP contribution is 2.67. The van der Waals surface area contributed by atoms with Gasteiger partial charge in [-0.1, -0.05) is 44.0 Å². The Morgan fingerprint density at radius 1 is 1.20 bits per heavy atom. The number of rotatable bonds is 6. The van der Waals surface area contributed by atoms with Gasteiger partial charge < -0.3 is 5.11 Å². The first kappa shape index (κ1) is 21.9. The Morgan fingerprint density at radius 3 is 2.73 bits per heavy atom. The maximum atomic E-state index is 12.4. The average molecular weight is 421 g/mol. The largest absolute Gasteiger partial charge is 0.414 e. The van der Waals surface area contributed by atoms with Crippen LogP contribution in [0.3, 0.4) is 0 Å². The Morgan fingerprint density at radius 2 is 2.00 bits per heavy atom. The lowest BCUT2D eigenvalue weighted by molar-refractivity contribution is -0.205. The Kier molecular flexibility index (Phi) is 5.85. The number of benzene rings is 1. The van der Waals surface area contributed by atoms with Crippen molar-refractivity contribution in [1.82, 2.24) is 0 Å². The van der Waals surface area contributed by atoms with E-state index < -0.39 is 12.3 Å². The summed E-state index contributed by atoms with van der Waals surface area (Å²) in [5.74, 6) is 1.31. The number of fused-ring (bicyclic) bond motifs is 5. The molecule has 0 radical (unpaired) electrons.